The highest BCUT2D eigenvalue weighted by Gasteiger charge is 2.24. The Balaban J connectivity index is 2.52. The Bertz CT molecular complexity index is 391. The van der Waals surface area contributed by atoms with Crippen molar-refractivity contribution in [2.24, 2.45) is 0 Å². The van der Waals surface area contributed by atoms with Gasteiger partial charge in [-0.3, -0.25) is 4.79 Å². The van der Waals surface area contributed by atoms with Gasteiger partial charge in [0.05, 0.1) is 24.4 Å². The molecule has 0 spiro atoms. The molecule has 0 atom stereocenters. The second kappa shape index (κ2) is 5.97. The normalized spacial score (nSPS) is 11.6. The zero-order valence-corrected chi connectivity index (χ0v) is 11.0. The summed E-state index contributed by atoms with van der Waals surface area (Å²) >= 11 is 0. The van der Waals surface area contributed by atoms with E-state index < -0.39 is 5.54 Å². The maximum atomic E-state index is 11.7. The van der Waals surface area contributed by atoms with Crippen LogP contribution in [0, 0.1) is 13.8 Å². The molecule has 0 aromatic carbocycles. The molecule has 1 heterocycles. The van der Waals surface area contributed by atoms with Crippen molar-refractivity contribution in [3.63, 3.8) is 0 Å². The molecule has 0 unspecified atom stereocenters. The molecule has 1 aromatic rings. The topological polar surface area (TPSA) is 95.6 Å². The van der Waals surface area contributed by atoms with Gasteiger partial charge in [-0.2, -0.15) is 0 Å². The standard InChI is InChI=1S/C12H20N2O4/c1-8-10(9(2)18-14-8)4-5-11(17)13-12(3,6-15)7-16/h15-16H,4-7H2,1-3H3,(H,13,17). The Hall–Kier alpha value is -1.40. The smallest absolute Gasteiger partial charge is 0.220 e. The van der Waals surface area contributed by atoms with Crippen LogP contribution in [0.15, 0.2) is 4.52 Å². The lowest BCUT2D eigenvalue weighted by Gasteiger charge is -2.26. The SMILES string of the molecule is Cc1noc(C)c1CCC(=O)NC(C)(CO)CO. The van der Waals surface area contributed by atoms with Crippen LogP contribution in [0.25, 0.3) is 0 Å². The van der Waals surface area contributed by atoms with Crippen molar-refractivity contribution in [2.75, 3.05) is 13.2 Å². The van der Waals surface area contributed by atoms with E-state index in [2.05, 4.69) is 10.5 Å². The lowest BCUT2D eigenvalue weighted by atomic mass is 10.0. The van der Waals surface area contributed by atoms with E-state index >= 15 is 0 Å². The minimum absolute atomic E-state index is 0.222. The van der Waals surface area contributed by atoms with E-state index in [1.807, 2.05) is 6.92 Å². The van der Waals surface area contributed by atoms with E-state index in [1.165, 1.54) is 0 Å². The molecule has 0 aliphatic rings. The number of rotatable bonds is 6. The molecule has 1 amide bonds. The van der Waals surface area contributed by atoms with E-state index in [4.69, 9.17) is 14.7 Å². The highest BCUT2D eigenvalue weighted by molar-refractivity contribution is 5.77. The number of aromatic nitrogens is 1. The van der Waals surface area contributed by atoms with Gasteiger partial charge in [-0.25, -0.2) is 0 Å². The molecule has 0 saturated carbocycles. The number of aliphatic hydroxyl groups excluding tert-OH is 2. The van der Waals surface area contributed by atoms with Gasteiger partial charge < -0.3 is 20.1 Å². The fraction of sp³-hybridized carbons (Fsp3) is 0.667. The zero-order chi connectivity index (χ0) is 13.8. The van der Waals surface area contributed by atoms with Crippen molar-refractivity contribution in [3.05, 3.63) is 17.0 Å². The van der Waals surface area contributed by atoms with Gasteiger partial charge >= 0.3 is 0 Å². The third kappa shape index (κ3) is 3.54. The monoisotopic (exact) mass is 256 g/mol. The number of amides is 1. The number of aryl methyl sites for hydroxylation is 2. The molecule has 3 N–H and O–H groups in total. The first-order chi connectivity index (χ1) is 8.41. The number of carbonyl (C=O) groups excluding carboxylic acids is 1. The average molecular weight is 256 g/mol. The minimum Gasteiger partial charge on any atom is -0.394 e. The van der Waals surface area contributed by atoms with Gasteiger partial charge in [0.15, 0.2) is 0 Å². The molecule has 0 radical (unpaired) electrons. The Morgan fingerprint density at radius 3 is 2.44 bits per heavy atom. The largest absolute Gasteiger partial charge is 0.394 e. The van der Waals surface area contributed by atoms with Gasteiger partial charge in [0.2, 0.25) is 5.91 Å². The number of aliphatic hydroxyl groups is 2. The molecule has 0 aliphatic heterocycles. The second-order valence-corrected chi connectivity index (χ2v) is 4.73. The number of nitrogens with one attached hydrogen (secondary N) is 1. The van der Waals surface area contributed by atoms with E-state index in [9.17, 15) is 4.79 Å². The number of carbonyl (C=O) groups is 1. The van der Waals surface area contributed by atoms with Gasteiger partial charge in [-0.15, -0.1) is 0 Å². The number of hydrogen-bond acceptors (Lipinski definition) is 5. The van der Waals surface area contributed by atoms with Crippen molar-refractivity contribution in [1.82, 2.24) is 10.5 Å². The van der Waals surface area contributed by atoms with Gasteiger partial charge in [0.1, 0.15) is 5.76 Å². The lowest BCUT2D eigenvalue weighted by Crippen LogP contribution is -2.51. The summed E-state index contributed by atoms with van der Waals surface area (Å²) in [5.41, 5.74) is 0.739. The first kappa shape index (κ1) is 14.7. The average Bonchev–Trinajstić information content (AvgIpc) is 2.66. The molecule has 102 valence electrons. The first-order valence-corrected chi connectivity index (χ1v) is 5.86. The van der Waals surface area contributed by atoms with Crippen molar-refractivity contribution >= 4 is 5.91 Å². The maximum absolute atomic E-state index is 11.7. The third-order valence-corrected chi connectivity index (χ3v) is 2.92. The van der Waals surface area contributed by atoms with Crippen LogP contribution in [-0.4, -0.2) is 40.0 Å². The van der Waals surface area contributed by atoms with Crippen molar-refractivity contribution in [2.45, 2.75) is 39.2 Å². The Morgan fingerprint density at radius 2 is 2.00 bits per heavy atom. The fourth-order valence-corrected chi connectivity index (χ4v) is 1.63. The van der Waals surface area contributed by atoms with E-state index in [0.717, 1.165) is 11.3 Å². The van der Waals surface area contributed by atoms with Gasteiger partial charge in [0, 0.05) is 12.0 Å². The van der Waals surface area contributed by atoms with Gasteiger partial charge in [-0.1, -0.05) is 5.16 Å². The van der Waals surface area contributed by atoms with Crippen LogP contribution in [0.5, 0.6) is 0 Å². The molecular weight excluding hydrogens is 236 g/mol. The van der Waals surface area contributed by atoms with Crippen LogP contribution in [0.1, 0.15) is 30.4 Å². The number of nitrogens with zero attached hydrogens (tertiary/aromatic N) is 1. The molecule has 0 aliphatic carbocycles. The van der Waals surface area contributed by atoms with Crippen molar-refractivity contribution < 1.29 is 19.5 Å². The van der Waals surface area contributed by atoms with E-state index in [0.29, 0.717) is 12.2 Å². The molecule has 0 fully saturated rings. The van der Waals surface area contributed by atoms with Crippen molar-refractivity contribution in [3.8, 4) is 0 Å². The minimum atomic E-state index is -0.976. The summed E-state index contributed by atoms with van der Waals surface area (Å²) in [6.07, 6.45) is 0.790. The molecular formula is C12H20N2O4. The summed E-state index contributed by atoms with van der Waals surface area (Å²) < 4.78 is 5.01. The Morgan fingerprint density at radius 1 is 1.39 bits per heavy atom. The fourth-order valence-electron chi connectivity index (χ4n) is 1.63. The number of hydrogen-bond donors (Lipinski definition) is 3. The van der Waals surface area contributed by atoms with Gasteiger partial charge in [0.25, 0.3) is 0 Å². The zero-order valence-electron chi connectivity index (χ0n) is 11.0. The van der Waals surface area contributed by atoms with E-state index in [-0.39, 0.29) is 25.5 Å². The summed E-state index contributed by atoms with van der Waals surface area (Å²) in [5.74, 6) is 0.493. The lowest BCUT2D eigenvalue weighted by molar-refractivity contribution is -0.124. The van der Waals surface area contributed by atoms with Crippen LogP contribution in [0.3, 0.4) is 0 Å². The maximum Gasteiger partial charge on any atom is 0.220 e. The molecule has 0 saturated heterocycles. The van der Waals surface area contributed by atoms with Crippen LogP contribution >= 0.6 is 0 Å². The quantitative estimate of drug-likeness (QED) is 0.670. The van der Waals surface area contributed by atoms with Crippen LogP contribution in [0.4, 0.5) is 0 Å². The van der Waals surface area contributed by atoms with Crippen molar-refractivity contribution in [1.29, 1.82) is 0 Å². The van der Waals surface area contributed by atoms with Crippen LogP contribution < -0.4 is 5.32 Å². The Kier molecular flexibility index (Phi) is 4.86. The van der Waals surface area contributed by atoms with E-state index in [1.54, 1.807) is 13.8 Å². The second-order valence-electron chi connectivity index (χ2n) is 4.73. The summed E-state index contributed by atoms with van der Waals surface area (Å²) in [4.78, 5) is 11.7. The Labute approximate surface area is 106 Å². The summed E-state index contributed by atoms with van der Waals surface area (Å²) in [7, 11) is 0. The molecule has 1 rings (SSSR count). The summed E-state index contributed by atoms with van der Waals surface area (Å²) in [6.45, 7) is 4.61. The summed E-state index contributed by atoms with van der Waals surface area (Å²) in [5, 5.41) is 24.6. The molecule has 18 heavy (non-hydrogen) atoms. The third-order valence-electron chi connectivity index (χ3n) is 2.92. The predicted octanol–water partition coefficient (Wildman–Crippen LogP) is 0.0835. The predicted molar refractivity (Wildman–Crippen MR) is 65.0 cm³/mol. The molecule has 6 heteroatoms. The van der Waals surface area contributed by atoms with Crippen LogP contribution in [0.2, 0.25) is 0 Å². The summed E-state index contributed by atoms with van der Waals surface area (Å²) in [6, 6.07) is 0. The highest BCUT2D eigenvalue weighted by atomic mass is 16.5. The first-order valence-electron chi connectivity index (χ1n) is 5.86. The van der Waals surface area contributed by atoms with Crippen LogP contribution in [-0.2, 0) is 11.2 Å². The molecule has 1 aromatic heterocycles. The van der Waals surface area contributed by atoms with Gasteiger partial charge in [-0.05, 0) is 27.2 Å². The highest BCUT2D eigenvalue weighted by Crippen LogP contribution is 2.14. The molecule has 6 nitrogen and oxygen atoms in total. The molecule has 0 bridgehead atoms.